The van der Waals surface area contributed by atoms with Gasteiger partial charge in [-0.2, -0.15) is 0 Å². The van der Waals surface area contributed by atoms with E-state index in [4.69, 9.17) is 5.73 Å². The molecule has 1 aliphatic heterocycles. The normalized spacial score (nSPS) is 26.7. The smallest absolute Gasteiger partial charge is 0.0321 e. The van der Waals surface area contributed by atoms with Gasteiger partial charge in [-0.1, -0.05) is 19.1 Å². The highest BCUT2D eigenvalue weighted by atomic mass is 15.3. The Bertz CT molecular complexity index is 402. The molecule has 1 aromatic rings. The minimum atomic E-state index is 0.445. The van der Waals surface area contributed by atoms with E-state index in [1.807, 2.05) is 12.1 Å². The summed E-state index contributed by atoms with van der Waals surface area (Å²) in [5.74, 6) is 0.725. The van der Waals surface area contributed by atoms with Crippen molar-refractivity contribution >= 4 is 5.69 Å². The molecule has 0 aromatic heterocycles. The highest BCUT2D eigenvalue weighted by Crippen LogP contribution is 2.29. The van der Waals surface area contributed by atoms with Gasteiger partial charge in [0.25, 0.3) is 0 Å². The molecule has 1 heterocycles. The van der Waals surface area contributed by atoms with E-state index < -0.39 is 0 Å². The van der Waals surface area contributed by atoms with Crippen LogP contribution < -0.4 is 5.73 Å². The number of benzene rings is 1. The Morgan fingerprint density at radius 1 is 1.33 bits per heavy atom. The van der Waals surface area contributed by atoms with Crippen LogP contribution >= 0.6 is 0 Å². The van der Waals surface area contributed by atoms with Crippen molar-refractivity contribution in [2.75, 3.05) is 32.9 Å². The van der Waals surface area contributed by atoms with Crippen molar-refractivity contribution in [1.29, 1.82) is 0 Å². The van der Waals surface area contributed by atoms with Gasteiger partial charge in [-0.15, -0.1) is 0 Å². The average molecular weight is 247 g/mol. The van der Waals surface area contributed by atoms with Crippen LogP contribution in [-0.2, 0) is 0 Å². The van der Waals surface area contributed by atoms with Crippen LogP contribution in [0.4, 0.5) is 5.69 Å². The summed E-state index contributed by atoms with van der Waals surface area (Å²) in [6.45, 7) is 6.93. The third-order valence-corrected chi connectivity index (χ3v) is 4.21. The lowest BCUT2D eigenvalue weighted by molar-refractivity contribution is 0.226. The van der Waals surface area contributed by atoms with Crippen LogP contribution in [0, 0.1) is 5.92 Å². The summed E-state index contributed by atoms with van der Waals surface area (Å²) in [5, 5.41) is 0. The molecule has 1 aliphatic rings. The molecule has 0 aliphatic carbocycles. The predicted molar refractivity (Wildman–Crippen MR) is 77.5 cm³/mol. The fourth-order valence-electron chi connectivity index (χ4n) is 3.00. The molecule has 1 saturated heterocycles. The van der Waals surface area contributed by atoms with Crippen LogP contribution in [0.2, 0.25) is 0 Å². The van der Waals surface area contributed by atoms with E-state index in [0.717, 1.165) is 18.2 Å². The van der Waals surface area contributed by atoms with Crippen LogP contribution in [0.5, 0.6) is 0 Å². The van der Waals surface area contributed by atoms with E-state index in [2.05, 4.69) is 49.9 Å². The van der Waals surface area contributed by atoms with Crippen molar-refractivity contribution in [2.45, 2.75) is 25.9 Å². The van der Waals surface area contributed by atoms with Gasteiger partial charge >= 0.3 is 0 Å². The van der Waals surface area contributed by atoms with Crippen LogP contribution in [0.1, 0.15) is 25.5 Å². The molecule has 3 nitrogen and oxygen atoms in total. The van der Waals surface area contributed by atoms with Crippen LogP contribution in [0.15, 0.2) is 24.3 Å². The van der Waals surface area contributed by atoms with Crippen LogP contribution in [0.25, 0.3) is 0 Å². The van der Waals surface area contributed by atoms with Crippen molar-refractivity contribution < 1.29 is 0 Å². The first-order valence-corrected chi connectivity index (χ1v) is 6.75. The Labute approximate surface area is 111 Å². The molecule has 3 heteroatoms. The maximum Gasteiger partial charge on any atom is 0.0321 e. The SMILES string of the molecule is CC1CN(C(C)c2cccc(N)c2)CC1N(C)C. The molecule has 1 fully saturated rings. The number of anilines is 1. The molecular formula is C15H25N3. The molecule has 3 atom stereocenters. The van der Waals surface area contributed by atoms with Gasteiger partial charge in [0.2, 0.25) is 0 Å². The van der Waals surface area contributed by atoms with Crippen molar-refractivity contribution in [3.8, 4) is 0 Å². The molecule has 0 saturated carbocycles. The molecule has 0 bridgehead atoms. The van der Waals surface area contributed by atoms with Gasteiger partial charge in [0.05, 0.1) is 0 Å². The number of nitrogens with zero attached hydrogens (tertiary/aromatic N) is 2. The maximum absolute atomic E-state index is 5.87. The highest BCUT2D eigenvalue weighted by molar-refractivity contribution is 5.41. The van der Waals surface area contributed by atoms with E-state index in [9.17, 15) is 0 Å². The summed E-state index contributed by atoms with van der Waals surface area (Å²) in [5.41, 5.74) is 8.05. The lowest BCUT2D eigenvalue weighted by Gasteiger charge is -2.26. The zero-order valence-electron chi connectivity index (χ0n) is 11.9. The zero-order valence-corrected chi connectivity index (χ0v) is 11.9. The predicted octanol–water partition coefficient (Wildman–Crippen LogP) is 2.21. The third kappa shape index (κ3) is 2.68. The summed E-state index contributed by atoms with van der Waals surface area (Å²) >= 11 is 0. The van der Waals surface area contributed by atoms with Crippen molar-refractivity contribution in [3.05, 3.63) is 29.8 Å². The number of nitrogen functional groups attached to an aromatic ring is 1. The summed E-state index contributed by atoms with van der Waals surface area (Å²) in [6.07, 6.45) is 0. The lowest BCUT2D eigenvalue weighted by Crippen LogP contribution is -2.34. The minimum absolute atomic E-state index is 0.445. The standard InChI is InChI=1S/C15H25N3/c1-11-9-18(10-15(11)17(3)4)12(2)13-6-5-7-14(16)8-13/h5-8,11-12,15H,9-10,16H2,1-4H3. The molecule has 18 heavy (non-hydrogen) atoms. The quantitative estimate of drug-likeness (QED) is 0.831. The first-order valence-electron chi connectivity index (χ1n) is 6.75. The van der Waals surface area contributed by atoms with Crippen LogP contribution in [-0.4, -0.2) is 43.0 Å². The largest absolute Gasteiger partial charge is 0.399 e. The first kappa shape index (κ1) is 13.4. The van der Waals surface area contributed by atoms with Gasteiger partial charge in [0.15, 0.2) is 0 Å². The Hall–Kier alpha value is -1.06. The molecule has 0 amide bonds. The second-order valence-corrected chi connectivity index (χ2v) is 5.81. The molecular weight excluding hydrogens is 222 g/mol. The van der Waals surface area contributed by atoms with E-state index in [0.29, 0.717) is 12.1 Å². The van der Waals surface area contributed by atoms with Gasteiger partial charge in [-0.3, -0.25) is 4.90 Å². The Balaban J connectivity index is 2.09. The molecule has 100 valence electrons. The van der Waals surface area contributed by atoms with Gasteiger partial charge in [0, 0.05) is 30.9 Å². The Morgan fingerprint density at radius 2 is 2.06 bits per heavy atom. The van der Waals surface area contributed by atoms with Crippen molar-refractivity contribution in [2.24, 2.45) is 5.92 Å². The summed E-state index contributed by atoms with van der Waals surface area (Å²) in [7, 11) is 4.35. The van der Waals surface area contributed by atoms with E-state index in [1.165, 1.54) is 12.1 Å². The number of nitrogens with two attached hydrogens (primary N) is 1. The zero-order chi connectivity index (χ0) is 13.3. The van der Waals surface area contributed by atoms with Crippen molar-refractivity contribution in [1.82, 2.24) is 9.80 Å². The van der Waals surface area contributed by atoms with Crippen molar-refractivity contribution in [3.63, 3.8) is 0 Å². The number of hydrogen-bond donors (Lipinski definition) is 1. The van der Waals surface area contributed by atoms with Gasteiger partial charge in [-0.05, 0) is 44.6 Å². The minimum Gasteiger partial charge on any atom is -0.399 e. The average Bonchev–Trinajstić information content (AvgIpc) is 2.70. The summed E-state index contributed by atoms with van der Waals surface area (Å²) in [4.78, 5) is 4.90. The molecule has 2 rings (SSSR count). The monoisotopic (exact) mass is 247 g/mol. The Morgan fingerprint density at radius 3 is 2.61 bits per heavy atom. The Kier molecular flexibility index (Phi) is 3.93. The molecule has 3 unspecified atom stereocenters. The topological polar surface area (TPSA) is 32.5 Å². The van der Waals surface area contributed by atoms with Gasteiger partial charge < -0.3 is 10.6 Å². The maximum atomic E-state index is 5.87. The number of likely N-dealkylation sites (tertiary alicyclic amines) is 1. The second kappa shape index (κ2) is 5.29. The molecule has 2 N–H and O–H groups in total. The lowest BCUT2D eigenvalue weighted by atomic mass is 10.1. The summed E-state index contributed by atoms with van der Waals surface area (Å²) in [6, 6.07) is 9.37. The number of hydrogen-bond acceptors (Lipinski definition) is 3. The van der Waals surface area contributed by atoms with Crippen LogP contribution in [0.3, 0.4) is 0 Å². The molecule has 0 radical (unpaired) electrons. The van der Waals surface area contributed by atoms with E-state index in [-0.39, 0.29) is 0 Å². The second-order valence-electron chi connectivity index (χ2n) is 5.81. The number of rotatable bonds is 3. The third-order valence-electron chi connectivity index (χ3n) is 4.21. The highest BCUT2D eigenvalue weighted by Gasteiger charge is 2.33. The van der Waals surface area contributed by atoms with E-state index >= 15 is 0 Å². The van der Waals surface area contributed by atoms with Gasteiger partial charge in [0.1, 0.15) is 0 Å². The fourth-order valence-corrected chi connectivity index (χ4v) is 3.00. The first-order chi connectivity index (χ1) is 8.49. The van der Waals surface area contributed by atoms with Gasteiger partial charge in [-0.25, -0.2) is 0 Å². The molecule has 1 aromatic carbocycles. The fraction of sp³-hybridized carbons (Fsp3) is 0.600. The summed E-state index contributed by atoms with van der Waals surface area (Å²) < 4.78 is 0. The number of likely N-dealkylation sites (N-methyl/N-ethyl adjacent to an activating group) is 1. The molecule has 0 spiro atoms. The van der Waals surface area contributed by atoms with E-state index in [1.54, 1.807) is 0 Å².